The van der Waals surface area contributed by atoms with Crippen LogP contribution in [0, 0.1) is 19.8 Å². The van der Waals surface area contributed by atoms with Gasteiger partial charge in [-0.15, -0.1) is 23.5 Å². The molecule has 1 aliphatic heterocycles. The van der Waals surface area contributed by atoms with E-state index in [-0.39, 0.29) is 6.10 Å². The predicted molar refractivity (Wildman–Crippen MR) is 129 cm³/mol. The number of thioether (sulfide) groups is 2. The third-order valence-electron chi connectivity index (χ3n) is 5.23. The van der Waals surface area contributed by atoms with Crippen molar-refractivity contribution < 1.29 is 4.74 Å². The number of ether oxygens (including phenoxy) is 1. The number of hydrogen-bond donors (Lipinski definition) is 0. The highest BCUT2D eigenvalue weighted by molar-refractivity contribution is 9.10. The van der Waals surface area contributed by atoms with E-state index in [1.54, 1.807) is 0 Å². The Morgan fingerprint density at radius 3 is 1.83 bits per heavy atom. The lowest BCUT2D eigenvalue weighted by molar-refractivity contribution is 0.0940. The fourth-order valence-corrected chi connectivity index (χ4v) is 6.74. The van der Waals surface area contributed by atoms with E-state index in [9.17, 15) is 0 Å². The standard InChI is InChI=1S/C25H25BrOS2/c1-17-3-11-21(12-4-17)28-25(29-22-13-5-18(2)6-14-22)23-15-16-27-24(23)19-7-9-20(26)10-8-19/h3-14,23-25H,15-16H2,1-2H3/t23-,24-/m0/s1. The van der Waals surface area contributed by atoms with Crippen LogP contribution in [-0.2, 0) is 4.74 Å². The summed E-state index contributed by atoms with van der Waals surface area (Å²) in [5, 5.41) is 0. The lowest BCUT2D eigenvalue weighted by Gasteiger charge is -2.27. The molecular weight excluding hydrogens is 460 g/mol. The van der Waals surface area contributed by atoms with Crippen LogP contribution >= 0.6 is 39.5 Å². The van der Waals surface area contributed by atoms with Crippen LogP contribution < -0.4 is 0 Å². The summed E-state index contributed by atoms with van der Waals surface area (Å²) in [5.74, 6) is 0.453. The van der Waals surface area contributed by atoms with Crippen molar-refractivity contribution >= 4 is 39.5 Å². The van der Waals surface area contributed by atoms with Gasteiger partial charge in [0, 0.05) is 26.8 Å². The summed E-state index contributed by atoms with van der Waals surface area (Å²) in [6.45, 7) is 5.10. The van der Waals surface area contributed by atoms with Gasteiger partial charge in [0.25, 0.3) is 0 Å². The van der Waals surface area contributed by atoms with Crippen LogP contribution in [-0.4, -0.2) is 11.2 Å². The largest absolute Gasteiger partial charge is 0.373 e. The zero-order chi connectivity index (χ0) is 20.2. The quantitative estimate of drug-likeness (QED) is 0.258. The smallest absolute Gasteiger partial charge is 0.0872 e. The molecule has 4 heteroatoms. The summed E-state index contributed by atoms with van der Waals surface area (Å²) in [6, 6.07) is 26.4. The Balaban J connectivity index is 1.61. The molecule has 0 aromatic heterocycles. The average molecular weight is 486 g/mol. The van der Waals surface area contributed by atoms with E-state index in [0.717, 1.165) is 17.5 Å². The highest BCUT2D eigenvalue weighted by atomic mass is 79.9. The fraction of sp³-hybridized carbons (Fsp3) is 0.280. The predicted octanol–water partition coefficient (Wildman–Crippen LogP) is 8.05. The molecular formula is C25H25BrOS2. The van der Waals surface area contributed by atoms with Gasteiger partial charge < -0.3 is 4.74 Å². The molecule has 0 radical (unpaired) electrons. The molecule has 3 aromatic rings. The van der Waals surface area contributed by atoms with E-state index in [1.165, 1.54) is 26.5 Å². The average Bonchev–Trinajstić information content (AvgIpc) is 3.21. The van der Waals surface area contributed by atoms with E-state index in [4.69, 9.17) is 4.74 Å². The SMILES string of the molecule is Cc1ccc(SC(Sc2ccc(C)cc2)[C@H]2CCO[C@H]2c2ccc(Br)cc2)cc1. The van der Waals surface area contributed by atoms with Crippen LogP contribution in [0.2, 0.25) is 0 Å². The van der Waals surface area contributed by atoms with Gasteiger partial charge >= 0.3 is 0 Å². The second kappa shape index (κ2) is 9.74. The second-order valence-electron chi connectivity index (χ2n) is 7.53. The molecule has 1 aliphatic rings. The van der Waals surface area contributed by atoms with Crippen LogP contribution in [0.4, 0.5) is 0 Å². The van der Waals surface area contributed by atoms with Crippen LogP contribution in [0.15, 0.2) is 87.1 Å². The first-order valence-corrected chi connectivity index (χ1v) is 12.5. The van der Waals surface area contributed by atoms with E-state index >= 15 is 0 Å². The molecule has 0 unspecified atom stereocenters. The third-order valence-corrected chi connectivity index (χ3v) is 8.59. The molecule has 1 nitrogen and oxygen atoms in total. The van der Waals surface area contributed by atoms with Crippen molar-refractivity contribution in [1.29, 1.82) is 0 Å². The van der Waals surface area contributed by atoms with Gasteiger partial charge in [0.2, 0.25) is 0 Å². The minimum atomic E-state index is 0.143. The normalized spacial score (nSPS) is 19.0. The van der Waals surface area contributed by atoms with Crippen LogP contribution in [0.5, 0.6) is 0 Å². The number of halogens is 1. The Labute approximate surface area is 190 Å². The van der Waals surface area contributed by atoms with Crippen molar-refractivity contribution in [2.75, 3.05) is 6.61 Å². The summed E-state index contributed by atoms with van der Waals surface area (Å²) < 4.78 is 7.74. The molecule has 1 saturated heterocycles. The van der Waals surface area contributed by atoms with Gasteiger partial charge in [-0.05, 0) is 62.2 Å². The first kappa shape index (κ1) is 21.0. The molecule has 2 atom stereocenters. The van der Waals surface area contributed by atoms with Gasteiger partial charge in [0.15, 0.2) is 0 Å². The van der Waals surface area contributed by atoms with Crippen molar-refractivity contribution in [2.24, 2.45) is 5.92 Å². The van der Waals surface area contributed by atoms with Gasteiger partial charge in [-0.3, -0.25) is 0 Å². The van der Waals surface area contributed by atoms with Crippen molar-refractivity contribution in [3.63, 3.8) is 0 Å². The molecule has 0 amide bonds. The zero-order valence-electron chi connectivity index (χ0n) is 16.7. The second-order valence-corrected chi connectivity index (χ2v) is 11.2. The van der Waals surface area contributed by atoms with Crippen LogP contribution in [0.1, 0.15) is 29.2 Å². The van der Waals surface area contributed by atoms with Crippen molar-refractivity contribution in [2.45, 2.75) is 40.7 Å². The Hall–Kier alpha value is -1.20. The maximum Gasteiger partial charge on any atom is 0.0872 e. The van der Waals surface area contributed by atoms with Crippen LogP contribution in [0.3, 0.4) is 0 Å². The Morgan fingerprint density at radius 1 is 0.793 bits per heavy atom. The van der Waals surface area contributed by atoms with Gasteiger partial charge in [-0.1, -0.05) is 63.5 Å². The molecule has 4 rings (SSSR count). The van der Waals surface area contributed by atoms with Gasteiger partial charge in [0.1, 0.15) is 0 Å². The topological polar surface area (TPSA) is 9.23 Å². The first-order valence-electron chi connectivity index (χ1n) is 9.92. The molecule has 0 N–H and O–H groups in total. The minimum absolute atomic E-state index is 0.143. The van der Waals surface area contributed by atoms with Gasteiger partial charge in [-0.25, -0.2) is 0 Å². The molecule has 0 spiro atoms. The molecule has 1 heterocycles. The summed E-state index contributed by atoms with van der Waals surface area (Å²) in [5.41, 5.74) is 3.87. The van der Waals surface area contributed by atoms with Crippen molar-refractivity contribution in [3.8, 4) is 0 Å². The van der Waals surface area contributed by atoms with E-state index in [1.807, 2.05) is 23.5 Å². The van der Waals surface area contributed by atoms with E-state index in [0.29, 0.717) is 10.5 Å². The summed E-state index contributed by atoms with van der Waals surface area (Å²) in [6.07, 6.45) is 1.23. The summed E-state index contributed by atoms with van der Waals surface area (Å²) >= 11 is 7.49. The monoisotopic (exact) mass is 484 g/mol. The van der Waals surface area contributed by atoms with Crippen molar-refractivity contribution in [3.05, 3.63) is 94.0 Å². The van der Waals surface area contributed by atoms with E-state index in [2.05, 4.69) is 103 Å². The van der Waals surface area contributed by atoms with E-state index < -0.39 is 0 Å². The number of rotatable bonds is 6. The zero-order valence-corrected chi connectivity index (χ0v) is 19.9. The Kier molecular flexibility index (Phi) is 7.07. The highest BCUT2D eigenvalue weighted by Crippen LogP contribution is 2.49. The molecule has 150 valence electrons. The maximum atomic E-state index is 6.24. The maximum absolute atomic E-state index is 6.24. The molecule has 0 saturated carbocycles. The third kappa shape index (κ3) is 5.49. The van der Waals surface area contributed by atoms with Gasteiger partial charge in [0.05, 0.1) is 10.7 Å². The lowest BCUT2D eigenvalue weighted by atomic mass is 9.97. The van der Waals surface area contributed by atoms with Gasteiger partial charge in [-0.2, -0.15) is 0 Å². The Bertz CT molecular complexity index is 875. The molecule has 0 aliphatic carbocycles. The fourth-order valence-electron chi connectivity index (χ4n) is 3.58. The first-order chi connectivity index (χ1) is 14.1. The van der Waals surface area contributed by atoms with Crippen molar-refractivity contribution in [1.82, 2.24) is 0 Å². The molecule has 0 bridgehead atoms. The summed E-state index contributed by atoms with van der Waals surface area (Å²) in [4.78, 5) is 2.64. The Morgan fingerprint density at radius 2 is 1.31 bits per heavy atom. The molecule has 3 aromatic carbocycles. The minimum Gasteiger partial charge on any atom is -0.373 e. The summed E-state index contributed by atoms with van der Waals surface area (Å²) in [7, 11) is 0. The lowest BCUT2D eigenvalue weighted by Crippen LogP contribution is -2.18. The number of aryl methyl sites for hydroxylation is 2. The highest BCUT2D eigenvalue weighted by Gasteiger charge is 2.37. The molecule has 1 fully saturated rings. The number of benzene rings is 3. The molecule has 29 heavy (non-hydrogen) atoms. The van der Waals surface area contributed by atoms with Crippen LogP contribution in [0.25, 0.3) is 0 Å². The number of hydrogen-bond acceptors (Lipinski definition) is 3.